The first-order chi connectivity index (χ1) is 21.2. The van der Waals surface area contributed by atoms with Crippen LogP contribution in [0.25, 0.3) is 11.2 Å². The average molecular weight is 624 g/mol. The smallest absolute Gasteiger partial charge is 0.348 e. The largest absolute Gasteiger partial charge is 0.479 e. The highest BCUT2D eigenvalue weighted by Crippen LogP contribution is 2.27. The number of carboxylic acid groups (broad SMARTS) is 2. The van der Waals surface area contributed by atoms with Crippen LogP contribution in [-0.4, -0.2) is 89.5 Å². The molecule has 5 N–H and O–H groups in total. The second kappa shape index (κ2) is 14.7. The molecule has 44 heavy (non-hydrogen) atoms. The number of halogens is 1. The Hall–Kier alpha value is -4.58. The van der Waals surface area contributed by atoms with Gasteiger partial charge < -0.3 is 35.2 Å². The van der Waals surface area contributed by atoms with Crippen LogP contribution >= 0.6 is 11.6 Å². The Bertz CT molecular complexity index is 1600. The van der Waals surface area contributed by atoms with E-state index >= 15 is 0 Å². The van der Waals surface area contributed by atoms with Gasteiger partial charge in [0.25, 0.3) is 5.60 Å². The molecule has 4 rings (SSSR count). The highest BCUT2D eigenvalue weighted by molar-refractivity contribution is 6.28. The average Bonchev–Trinajstić information content (AvgIpc) is 3.44. The van der Waals surface area contributed by atoms with Crippen molar-refractivity contribution >= 4 is 40.5 Å². The number of nitrogens with zero attached hydrogens (tertiary/aromatic N) is 4. The minimum Gasteiger partial charge on any atom is -0.479 e. The molecule has 0 bridgehead atoms. The molecule has 4 aromatic rings. The van der Waals surface area contributed by atoms with Crippen LogP contribution in [-0.2, 0) is 31.9 Å². The van der Waals surface area contributed by atoms with Gasteiger partial charge in [-0.25, -0.2) is 14.6 Å². The molecule has 13 nitrogen and oxygen atoms in total. The van der Waals surface area contributed by atoms with Crippen LogP contribution in [0.1, 0.15) is 17.4 Å². The molecule has 0 saturated heterocycles. The van der Waals surface area contributed by atoms with Crippen LogP contribution in [0.2, 0.25) is 5.28 Å². The van der Waals surface area contributed by atoms with Gasteiger partial charge in [-0.3, -0.25) is 4.57 Å². The number of terminal acetylenes is 1. The molecule has 3 atom stereocenters. The zero-order chi connectivity index (χ0) is 31.7. The van der Waals surface area contributed by atoms with Gasteiger partial charge in [-0.05, 0) is 29.1 Å². The number of aliphatic hydroxyl groups is 2. The normalized spacial score (nSPS) is 13.6. The third kappa shape index (κ3) is 7.49. The number of nitrogens with one attached hydrogen (secondary N) is 1. The summed E-state index contributed by atoms with van der Waals surface area (Å²) >= 11 is 6.21. The van der Waals surface area contributed by atoms with Crippen LogP contribution in [0.3, 0.4) is 0 Å². The van der Waals surface area contributed by atoms with E-state index in [-0.39, 0.29) is 16.4 Å². The van der Waals surface area contributed by atoms with E-state index in [4.69, 9.17) is 27.5 Å². The lowest BCUT2D eigenvalue weighted by molar-refractivity contribution is -0.195. The van der Waals surface area contributed by atoms with E-state index in [1.165, 1.54) is 10.9 Å². The number of carbonyl (C=O) groups is 2. The minimum absolute atomic E-state index is 0.133. The number of fused-ring (bicyclic) bond motifs is 1. The van der Waals surface area contributed by atoms with Crippen LogP contribution in [0.5, 0.6) is 0 Å². The van der Waals surface area contributed by atoms with Crippen molar-refractivity contribution in [2.24, 2.45) is 0 Å². The number of anilines is 1. The lowest BCUT2D eigenvalue weighted by Crippen LogP contribution is -2.52. The van der Waals surface area contributed by atoms with Crippen molar-refractivity contribution in [1.29, 1.82) is 0 Å². The quantitative estimate of drug-likeness (QED) is 0.0696. The molecular formula is C30H30ClN5O8. The molecule has 0 aliphatic rings. The lowest BCUT2D eigenvalue weighted by Gasteiger charge is -2.30. The van der Waals surface area contributed by atoms with Crippen molar-refractivity contribution in [3.05, 3.63) is 83.4 Å². The number of ether oxygens (including phenoxy) is 2. The van der Waals surface area contributed by atoms with Gasteiger partial charge in [-0.15, -0.1) is 6.42 Å². The molecule has 0 fully saturated rings. The van der Waals surface area contributed by atoms with Crippen LogP contribution in [0.15, 0.2) is 67.0 Å². The molecule has 2 heterocycles. The number of benzene rings is 2. The Morgan fingerprint density at radius 3 is 2.27 bits per heavy atom. The molecule has 0 unspecified atom stereocenters. The van der Waals surface area contributed by atoms with Crippen molar-refractivity contribution in [3.63, 3.8) is 0 Å². The molecule has 0 radical (unpaired) electrons. The number of aliphatic hydroxyl groups excluding tert-OH is 2. The fourth-order valence-electron chi connectivity index (χ4n) is 4.41. The Morgan fingerprint density at radius 2 is 1.68 bits per heavy atom. The molecule has 0 aliphatic heterocycles. The maximum absolute atomic E-state index is 12.2. The predicted octanol–water partition coefficient (Wildman–Crippen LogP) is 2.17. The number of aliphatic carboxylic acids is 2. The molecule has 0 spiro atoms. The van der Waals surface area contributed by atoms with E-state index in [0.717, 1.165) is 5.56 Å². The fraction of sp³-hybridized carbons (Fsp3) is 0.300. The summed E-state index contributed by atoms with van der Waals surface area (Å²) in [6.07, 6.45) is 2.58. The van der Waals surface area contributed by atoms with Crippen molar-refractivity contribution in [3.8, 4) is 12.3 Å². The Labute approximate surface area is 257 Å². The van der Waals surface area contributed by atoms with Crippen molar-refractivity contribution in [2.45, 2.75) is 36.9 Å². The third-order valence-electron chi connectivity index (χ3n) is 6.70. The van der Waals surface area contributed by atoms with Crippen molar-refractivity contribution in [1.82, 2.24) is 19.5 Å². The topological polar surface area (TPSA) is 189 Å². The zero-order valence-corrected chi connectivity index (χ0v) is 24.0. The maximum Gasteiger partial charge on any atom is 0.348 e. The molecular weight excluding hydrogens is 594 g/mol. The van der Waals surface area contributed by atoms with Gasteiger partial charge in [0.1, 0.15) is 6.10 Å². The summed E-state index contributed by atoms with van der Waals surface area (Å²) in [5, 5.41) is 43.5. The van der Waals surface area contributed by atoms with E-state index in [1.54, 1.807) is 30.3 Å². The SMILES string of the molecule is C#C[C@@H](O)[C@@H](O[C@@H](CO)COC(Cc1ccccc1)(C(=O)O)C(=O)O)n1cnc2c(NCCc3ccccc3)nc(Cl)nc21. The first-order valence-corrected chi connectivity index (χ1v) is 13.8. The van der Waals surface area contributed by atoms with Crippen LogP contribution in [0.4, 0.5) is 5.82 Å². The van der Waals surface area contributed by atoms with E-state index in [9.17, 15) is 30.0 Å². The first-order valence-electron chi connectivity index (χ1n) is 13.4. The summed E-state index contributed by atoms with van der Waals surface area (Å²) in [5.74, 6) is -1.02. The molecule has 2 aromatic heterocycles. The second-order valence-corrected chi connectivity index (χ2v) is 10.0. The molecule has 0 saturated carbocycles. The van der Waals surface area contributed by atoms with Crippen LogP contribution in [0, 0.1) is 12.3 Å². The number of aromatic nitrogens is 4. The lowest BCUT2D eigenvalue weighted by atomic mass is 9.94. The summed E-state index contributed by atoms with van der Waals surface area (Å²) in [4.78, 5) is 37.1. The van der Waals surface area contributed by atoms with E-state index < -0.39 is 55.6 Å². The molecule has 0 aliphatic carbocycles. The second-order valence-electron chi connectivity index (χ2n) is 9.68. The summed E-state index contributed by atoms with van der Waals surface area (Å²) in [5.41, 5.74) is -0.770. The Balaban J connectivity index is 1.57. The Morgan fingerprint density at radius 1 is 1.05 bits per heavy atom. The number of imidazole rings is 1. The van der Waals surface area contributed by atoms with Crippen molar-refractivity contribution < 1.29 is 39.5 Å². The molecule has 230 valence electrons. The van der Waals surface area contributed by atoms with Gasteiger partial charge in [-0.1, -0.05) is 66.6 Å². The number of rotatable bonds is 16. The minimum atomic E-state index is -2.69. The van der Waals surface area contributed by atoms with Gasteiger partial charge in [0.05, 0.1) is 19.5 Å². The number of carboxylic acids is 2. The fourth-order valence-corrected chi connectivity index (χ4v) is 4.58. The van der Waals surface area contributed by atoms with E-state index in [0.29, 0.717) is 24.3 Å². The summed E-state index contributed by atoms with van der Waals surface area (Å²) in [6.45, 7) is -0.943. The predicted molar refractivity (Wildman–Crippen MR) is 159 cm³/mol. The van der Waals surface area contributed by atoms with Crippen molar-refractivity contribution in [2.75, 3.05) is 25.1 Å². The highest BCUT2D eigenvalue weighted by atomic mass is 35.5. The van der Waals surface area contributed by atoms with Gasteiger partial charge in [0, 0.05) is 13.0 Å². The molecule has 14 heteroatoms. The first kappa shape index (κ1) is 32.3. The van der Waals surface area contributed by atoms with E-state index in [2.05, 4.69) is 26.2 Å². The van der Waals surface area contributed by atoms with Gasteiger partial charge >= 0.3 is 11.9 Å². The number of hydrogen-bond donors (Lipinski definition) is 5. The standard InChI is InChI=1S/C30H30ClN5O8/c1-2-22(38)26(44-21(16-37)17-43-30(27(39)40,28(41)42)15-20-11-7-4-8-12-20)36-18-33-23-24(34-29(31)35-25(23)36)32-14-13-19-9-5-3-6-10-19/h1,3-12,18,21-22,26,37-38H,13-17H2,(H,39,40)(H,41,42)(H,32,34,35)/t21-,22+,26+/m0/s1. The monoisotopic (exact) mass is 623 g/mol. The maximum atomic E-state index is 12.2. The summed E-state index contributed by atoms with van der Waals surface area (Å²) in [7, 11) is 0. The summed E-state index contributed by atoms with van der Waals surface area (Å²) < 4.78 is 12.6. The van der Waals surface area contributed by atoms with E-state index in [1.807, 2.05) is 30.3 Å². The molecule has 0 amide bonds. The highest BCUT2D eigenvalue weighted by Gasteiger charge is 2.49. The summed E-state index contributed by atoms with van der Waals surface area (Å²) in [6, 6.07) is 17.8. The number of hydrogen-bond acceptors (Lipinski definition) is 10. The Kier molecular flexibility index (Phi) is 10.8. The molecule has 2 aromatic carbocycles. The van der Waals surface area contributed by atoms with Gasteiger partial charge in [0.15, 0.2) is 29.3 Å². The zero-order valence-electron chi connectivity index (χ0n) is 23.3. The van der Waals surface area contributed by atoms with Gasteiger partial charge in [-0.2, -0.15) is 9.97 Å². The van der Waals surface area contributed by atoms with Crippen LogP contribution < -0.4 is 5.32 Å². The van der Waals surface area contributed by atoms with Gasteiger partial charge in [0.2, 0.25) is 5.28 Å². The third-order valence-corrected chi connectivity index (χ3v) is 6.87.